The van der Waals surface area contributed by atoms with E-state index in [1.165, 1.54) is 38.5 Å². The lowest BCUT2D eigenvalue weighted by Gasteiger charge is -2.15. The van der Waals surface area contributed by atoms with Gasteiger partial charge >= 0.3 is 0 Å². The van der Waals surface area contributed by atoms with Gasteiger partial charge in [0.05, 0.1) is 35.4 Å². The third-order valence-electron chi connectivity index (χ3n) is 5.33. The maximum absolute atomic E-state index is 12.7. The molecular weight excluding hydrogens is 500 g/mol. The lowest BCUT2D eigenvalue weighted by Crippen LogP contribution is -2.13. The predicted molar refractivity (Wildman–Crippen MR) is 139 cm³/mol. The second-order valence-electron chi connectivity index (χ2n) is 7.67. The molecule has 0 aliphatic carbocycles. The minimum absolute atomic E-state index is 0.134. The van der Waals surface area contributed by atoms with Crippen molar-refractivity contribution in [2.45, 2.75) is 9.79 Å². The molecule has 0 atom stereocenters. The van der Waals surface area contributed by atoms with Crippen LogP contribution < -0.4 is 18.9 Å². The van der Waals surface area contributed by atoms with Gasteiger partial charge in [0.25, 0.3) is 20.0 Å². The fraction of sp³-hybridized carbons (Fsp3) is 0.0769. The number of rotatable bonds is 9. The first kappa shape index (κ1) is 25.1. The van der Waals surface area contributed by atoms with Crippen LogP contribution in [0, 0.1) is 0 Å². The van der Waals surface area contributed by atoms with Crippen molar-refractivity contribution in [3.8, 4) is 22.6 Å². The Bertz CT molecular complexity index is 1450. The highest BCUT2D eigenvalue weighted by atomic mass is 32.2. The molecule has 0 unspecified atom stereocenters. The predicted octanol–water partition coefficient (Wildman–Crippen LogP) is 4.97. The van der Waals surface area contributed by atoms with E-state index < -0.39 is 20.0 Å². The number of benzene rings is 4. The van der Waals surface area contributed by atoms with Crippen molar-refractivity contribution in [1.82, 2.24) is 0 Å². The quantitative estimate of drug-likeness (QED) is 0.320. The molecule has 0 aliphatic heterocycles. The average Bonchev–Trinajstić information content (AvgIpc) is 2.90. The molecule has 8 nitrogen and oxygen atoms in total. The molecule has 0 amide bonds. The van der Waals surface area contributed by atoms with Crippen LogP contribution in [-0.2, 0) is 20.0 Å². The van der Waals surface area contributed by atoms with Crippen molar-refractivity contribution >= 4 is 31.4 Å². The maximum Gasteiger partial charge on any atom is 0.262 e. The number of ether oxygens (including phenoxy) is 2. The van der Waals surface area contributed by atoms with Gasteiger partial charge in [0.15, 0.2) is 0 Å². The Morgan fingerprint density at radius 3 is 1.22 bits per heavy atom. The summed E-state index contributed by atoms with van der Waals surface area (Å²) in [6.45, 7) is 0. The van der Waals surface area contributed by atoms with Crippen LogP contribution in [0.4, 0.5) is 11.4 Å². The van der Waals surface area contributed by atoms with Gasteiger partial charge in [0.2, 0.25) is 0 Å². The summed E-state index contributed by atoms with van der Waals surface area (Å²) in [5, 5.41) is 0. The van der Waals surface area contributed by atoms with Gasteiger partial charge in [0.1, 0.15) is 11.5 Å². The summed E-state index contributed by atoms with van der Waals surface area (Å²) >= 11 is 0. The van der Waals surface area contributed by atoms with Gasteiger partial charge in [-0.1, -0.05) is 48.5 Å². The summed E-state index contributed by atoms with van der Waals surface area (Å²) in [6, 6.07) is 26.1. The zero-order valence-corrected chi connectivity index (χ0v) is 21.1. The molecule has 0 fully saturated rings. The Hall–Kier alpha value is -4.02. The zero-order valence-electron chi connectivity index (χ0n) is 19.5. The Labute approximate surface area is 210 Å². The molecule has 2 N–H and O–H groups in total. The van der Waals surface area contributed by atoms with Crippen molar-refractivity contribution < 1.29 is 26.3 Å². The molecule has 0 saturated carbocycles. The Morgan fingerprint density at radius 2 is 0.889 bits per heavy atom. The molecule has 0 aliphatic rings. The number of anilines is 2. The van der Waals surface area contributed by atoms with Crippen LogP contribution in [0.3, 0.4) is 0 Å². The first-order chi connectivity index (χ1) is 17.2. The van der Waals surface area contributed by atoms with Crippen LogP contribution in [0.25, 0.3) is 11.1 Å². The fourth-order valence-corrected chi connectivity index (χ4v) is 5.70. The number of hydrogen-bond acceptors (Lipinski definition) is 6. The normalized spacial score (nSPS) is 11.5. The van der Waals surface area contributed by atoms with E-state index in [0.717, 1.165) is 0 Å². The highest BCUT2D eigenvalue weighted by molar-refractivity contribution is 7.93. The van der Waals surface area contributed by atoms with E-state index in [1.807, 2.05) is 0 Å². The van der Waals surface area contributed by atoms with Gasteiger partial charge in [-0.15, -0.1) is 0 Å². The molecule has 186 valence electrons. The van der Waals surface area contributed by atoms with Crippen LogP contribution >= 0.6 is 0 Å². The van der Waals surface area contributed by atoms with Crippen molar-refractivity contribution in [2.24, 2.45) is 0 Å². The minimum atomic E-state index is -3.80. The summed E-state index contributed by atoms with van der Waals surface area (Å²) < 4.78 is 66.9. The molecule has 4 aromatic rings. The standard InChI is InChI=1S/C26H24N2O6S2/c1-33-25-17-19(13-15-23(25)27-35(29,30)21-9-5-3-6-10-21)20-14-16-24(26(18-20)34-2)28-36(31,32)22-11-7-4-8-12-22/h3-18,27-28H,1-2H3. The van der Waals surface area contributed by atoms with Gasteiger partial charge in [-0.3, -0.25) is 9.44 Å². The molecule has 10 heteroatoms. The van der Waals surface area contributed by atoms with Crippen LogP contribution in [0.1, 0.15) is 0 Å². The smallest absolute Gasteiger partial charge is 0.262 e. The molecule has 4 aromatic carbocycles. The Balaban J connectivity index is 1.62. The summed E-state index contributed by atoms with van der Waals surface area (Å²) in [4.78, 5) is 0.267. The molecule has 0 aromatic heterocycles. The van der Waals surface area contributed by atoms with E-state index >= 15 is 0 Å². The van der Waals surface area contributed by atoms with Crippen LogP contribution in [0.5, 0.6) is 11.5 Å². The molecule has 0 bridgehead atoms. The van der Waals surface area contributed by atoms with Crippen LogP contribution in [0.2, 0.25) is 0 Å². The molecule has 4 rings (SSSR count). The highest BCUT2D eigenvalue weighted by Gasteiger charge is 2.19. The Kier molecular flexibility index (Phi) is 7.18. The SMILES string of the molecule is COc1cc(-c2ccc(NS(=O)(=O)c3ccccc3)c(OC)c2)ccc1NS(=O)(=O)c1ccccc1. The second kappa shape index (κ2) is 10.3. The van der Waals surface area contributed by atoms with Crippen molar-refractivity contribution in [2.75, 3.05) is 23.7 Å². The first-order valence-corrected chi connectivity index (χ1v) is 13.7. The minimum Gasteiger partial charge on any atom is -0.495 e. The third-order valence-corrected chi connectivity index (χ3v) is 8.09. The van der Waals surface area contributed by atoms with Gasteiger partial charge in [-0.25, -0.2) is 16.8 Å². The van der Waals surface area contributed by atoms with Gasteiger partial charge in [0, 0.05) is 0 Å². The number of sulfonamides is 2. The van der Waals surface area contributed by atoms with E-state index in [4.69, 9.17) is 9.47 Å². The lowest BCUT2D eigenvalue weighted by atomic mass is 10.0. The molecule has 36 heavy (non-hydrogen) atoms. The summed E-state index contributed by atoms with van der Waals surface area (Å²) in [5.41, 5.74) is 1.99. The number of methoxy groups -OCH3 is 2. The number of nitrogens with one attached hydrogen (secondary N) is 2. The zero-order chi connectivity index (χ0) is 25.8. The molecule has 0 radical (unpaired) electrons. The molecule has 0 saturated heterocycles. The highest BCUT2D eigenvalue weighted by Crippen LogP contribution is 2.36. The maximum atomic E-state index is 12.7. The topological polar surface area (TPSA) is 111 Å². The first-order valence-electron chi connectivity index (χ1n) is 10.8. The second-order valence-corrected chi connectivity index (χ2v) is 11.0. The van der Waals surface area contributed by atoms with Gasteiger partial charge < -0.3 is 9.47 Å². The van der Waals surface area contributed by atoms with Gasteiger partial charge in [-0.2, -0.15) is 0 Å². The van der Waals surface area contributed by atoms with E-state index in [0.29, 0.717) is 22.6 Å². The largest absolute Gasteiger partial charge is 0.495 e. The van der Waals surface area contributed by atoms with Crippen molar-refractivity contribution in [3.05, 3.63) is 97.1 Å². The van der Waals surface area contributed by atoms with E-state index in [1.54, 1.807) is 72.8 Å². The van der Waals surface area contributed by atoms with E-state index in [2.05, 4.69) is 9.44 Å². The third kappa shape index (κ3) is 5.45. The molecule has 0 heterocycles. The van der Waals surface area contributed by atoms with Crippen LogP contribution in [-0.4, -0.2) is 31.1 Å². The fourth-order valence-electron chi connectivity index (χ4n) is 3.52. The van der Waals surface area contributed by atoms with Gasteiger partial charge in [-0.05, 0) is 59.7 Å². The molecular formula is C26H24N2O6S2. The average molecular weight is 525 g/mol. The Morgan fingerprint density at radius 1 is 0.528 bits per heavy atom. The van der Waals surface area contributed by atoms with E-state index in [-0.39, 0.29) is 21.2 Å². The summed E-state index contributed by atoms with van der Waals surface area (Å²) in [7, 11) is -4.70. The lowest BCUT2D eigenvalue weighted by molar-refractivity contribution is 0.416. The monoisotopic (exact) mass is 524 g/mol. The van der Waals surface area contributed by atoms with Crippen molar-refractivity contribution in [3.63, 3.8) is 0 Å². The van der Waals surface area contributed by atoms with Crippen LogP contribution in [0.15, 0.2) is 107 Å². The summed E-state index contributed by atoms with van der Waals surface area (Å²) in [5.74, 6) is 0.639. The van der Waals surface area contributed by atoms with Crippen molar-refractivity contribution in [1.29, 1.82) is 0 Å². The van der Waals surface area contributed by atoms with E-state index in [9.17, 15) is 16.8 Å². The number of hydrogen-bond donors (Lipinski definition) is 2. The summed E-state index contributed by atoms with van der Waals surface area (Å²) in [6.07, 6.45) is 0. The molecule has 0 spiro atoms.